The molecule has 0 aromatic carbocycles. The highest BCUT2D eigenvalue weighted by molar-refractivity contribution is 4.79. The van der Waals surface area contributed by atoms with Crippen LogP contribution in [0.15, 0.2) is 0 Å². The molecule has 0 spiro atoms. The first kappa shape index (κ1) is 20.2. The molecule has 0 bridgehead atoms. The Labute approximate surface area is 112 Å². The average molecular weight is 264 g/mol. The standard InChI is InChI=1S/C9H18O2.C3H8O2.C2H6/c1-7(10)3-4-8-5-9(6-8)11-2;1-3(2,4)5;1-2/h7-10H,3-6H2,1-2H3;4-5H,1-2H3;1-2H3/t7-,8?,9?;;/m0../s1. The maximum atomic E-state index is 9.01. The maximum Gasteiger partial charge on any atom is 0.156 e. The van der Waals surface area contributed by atoms with Crippen LogP contribution in [0.2, 0.25) is 0 Å². The Hall–Kier alpha value is -0.160. The van der Waals surface area contributed by atoms with Crippen LogP contribution in [-0.2, 0) is 4.74 Å². The van der Waals surface area contributed by atoms with Gasteiger partial charge in [-0.15, -0.1) is 0 Å². The molecule has 18 heavy (non-hydrogen) atoms. The first-order valence-electron chi connectivity index (χ1n) is 6.88. The van der Waals surface area contributed by atoms with Crippen LogP contribution < -0.4 is 0 Å². The maximum absolute atomic E-state index is 9.01. The van der Waals surface area contributed by atoms with Crippen molar-refractivity contribution >= 4 is 0 Å². The summed E-state index contributed by atoms with van der Waals surface area (Å²) in [5, 5.41) is 25.2. The molecule has 4 heteroatoms. The van der Waals surface area contributed by atoms with E-state index in [1.165, 1.54) is 26.7 Å². The predicted octanol–water partition coefficient (Wildman–Crippen LogP) is 2.31. The van der Waals surface area contributed by atoms with Gasteiger partial charge in [0.1, 0.15) is 0 Å². The molecule has 0 heterocycles. The van der Waals surface area contributed by atoms with Crippen molar-refractivity contribution in [3.63, 3.8) is 0 Å². The summed E-state index contributed by atoms with van der Waals surface area (Å²) in [5.41, 5.74) is 0. The molecule has 0 aromatic rings. The van der Waals surface area contributed by atoms with E-state index in [0.717, 1.165) is 18.8 Å². The van der Waals surface area contributed by atoms with Crippen LogP contribution in [0, 0.1) is 5.92 Å². The highest BCUT2D eigenvalue weighted by Crippen LogP contribution is 2.33. The van der Waals surface area contributed by atoms with E-state index in [-0.39, 0.29) is 6.10 Å². The number of aliphatic hydroxyl groups is 3. The molecule has 1 atom stereocenters. The van der Waals surface area contributed by atoms with Gasteiger partial charge >= 0.3 is 0 Å². The summed E-state index contributed by atoms with van der Waals surface area (Å²) in [6, 6.07) is 0. The fraction of sp³-hybridized carbons (Fsp3) is 1.00. The van der Waals surface area contributed by atoms with Crippen LogP contribution in [0.1, 0.15) is 60.3 Å². The van der Waals surface area contributed by atoms with Gasteiger partial charge in [-0.25, -0.2) is 0 Å². The van der Waals surface area contributed by atoms with Gasteiger partial charge in [-0.1, -0.05) is 13.8 Å². The largest absolute Gasteiger partial charge is 0.393 e. The Morgan fingerprint density at radius 3 is 1.89 bits per heavy atom. The van der Waals surface area contributed by atoms with Gasteiger partial charge in [-0.2, -0.15) is 0 Å². The van der Waals surface area contributed by atoms with Crippen molar-refractivity contribution in [1.82, 2.24) is 0 Å². The van der Waals surface area contributed by atoms with Gasteiger partial charge in [-0.3, -0.25) is 0 Å². The summed E-state index contributed by atoms with van der Waals surface area (Å²) >= 11 is 0. The molecule has 112 valence electrons. The summed E-state index contributed by atoms with van der Waals surface area (Å²) in [5.74, 6) is -0.686. The molecule has 1 fully saturated rings. The lowest BCUT2D eigenvalue weighted by atomic mass is 9.79. The molecule has 4 nitrogen and oxygen atoms in total. The van der Waals surface area contributed by atoms with Crippen LogP contribution in [-0.4, -0.2) is 40.4 Å². The first-order chi connectivity index (χ1) is 8.22. The van der Waals surface area contributed by atoms with E-state index in [2.05, 4.69) is 0 Å². The monoisotopic (exact) mass is 264 g/mol. The Morgan fingerprint density at radius 2 is 1.61 bits per heavy atom. The third kappa shape index (κ3) is 15.8. The molecule has 1 aliphatic rings. The SMILES string of the molecule is CC.CC(C)(O)O.COC1CC(CC[C@H](C)O)C1. The molecule has 0 unspecified atom stereocenters. The van der Waals surface area contributed by atoms with E-state index in [1.807, 2.05) is 20.8 Å². The number of hydrogen-bond acceptors (Lipinski definition) is 4. The second kappa shape index (κ2) is 10.7. The highest BCUT2D eigenvalue weighted by atomic mass is 16.5. The smallest absolute Gasteiger partial charge is 0.156 e. The van der Waals surface area contributed by atoms with Gasteiger partial charge in [0.15, 0.2) is 5.79 Å². The van der Waals surface area contributed by atoms with Gasteiger partial charge in [0, 0.05) is 7.11 Å². The van der Waals surface area contributed by atoms with Crippen LogP contribution in [0.5, 0.6) is 0 Å². The lowest BCUT2D eigenvalue weighted by Gasteiger charge is -2.34. The van der Waals surface area contributed by atoms with Crippen LogP contribution in [0.4, 0.5) is 0 Å². The lowest BCUT2D eigenvalue weighted by Crippen LogP contribution is -2.30. The Morgan fingerprint density at radius 1 is 1.22 bits per heavy atom. The molecule has 0 saturated heterocycles. The summed E-state index contributed by atoms with van der Waals surface area (Å²) in [7, 11) is 1.77. The molecule has 0 aromatic heterocycles. The Bertz CT molecular complexity index is 163. The Kier molecular flexibility index (Phi) is 12.0. The zero-order valence-electron chi connectivity index (χ0n) is 12.8. The zero-order chi connectivity index (χ0) is 14.8. The number of hydrogen-bond donors (Lipinski definition) is 3. The third-order valence-electron chi connectivity index (χ3n) is 2.52. The summed E-state index contributed by atoms with van der Waals surface area (Å²) in [6.07, 6.45) is 4.89. The summed E-state index contributed by atoms with van der Waals surface area (Å²) in [6.45, 7) is 8.45. The molecular formula is C14H32O4. The highest BCUT2D eigenvalue weighted by Gasteiger charge is 2.28. The fourth-order valence-corrected chi connectivity index (χ4v) is 1.58. The van der Waals surface area contributed by atoms with Crippen molar-refractivity contribution in [2.24, 2.45) is 5.92 Å². The number of methoxy groups -OCH3 is 1. The summed E-state index contributed by atoms with van der Waals surface area (Å²) in [4.78, 5) is 0. The molecule has 0 amide bonds. The molecule has 0 aliphatic heterocycles. The van der Waals surface area contributed by atoms with E-state index in [4.69, 9.17) is 20.1 Å². The minimum atomic E-state index is -1.50. The van der Waals surface area contributed by atoms with Gasteiger partial charge in [-0.05, 0) is 52.4 Å². The van der Waals surface area contributed by atoms with Crippen molar-refractivity contribution < 1.29 is 20.1 Å². The summed E-state index contributed by atoms with van der Waals surface area (Å²) < 4.78 is 5.16. The second-order valence-corrected chi connectivity index (χ2v) is 5.12. The predicted molar refractivity (Wildman–Crippen MR) is 74.3 cm³/mol. The van der Waals surface area contributed by atoms with Crippen LogP contribution in [0.25, 0.3) is 0 Å². The molecule has 0 radical (unpaired) electrons. The van der Waals surface area contributed by atoms with Crippen molar-refractivity contribution in [2.75, 3.05) is 7.11 Å². The van der Waals surface area contributed by atoms with Crippen molar-refractivity contribution in [1.29, 1.82) is 0 Å². The number of ether oxygens (including phenoxy) is 1. The van der Waals surface area contributed by atoms with Crippen molar-refractivity contribution in [2.45, 2.75) is 78.3 Å². The van der Waals surface area contributed by atoms with Crippen LogP contribution >= 0.6 is 0 Å². The molecule has 1 rings (SSSR count). The van der Waals surface area contributed by atoms with E-state index in [9.17, 15) is 0 Å². The quantitative estimate of drug-likeness (QED) is 0.681. The van der Waals surface area contributed by atoms with Gasteiger partial charge < -0.3 is 20.1 Å². The molecular weight excluding hydrogens is 232 g/mol. The fourth-order valence-electron chi connectivity index (χ4n) is 1.58. The van der Waals surface area contributed by atoms with E-state index < -0.39 is 5.79 Å². The normalized spacial score (nSPS) is 23.8. The minimum Gasteiger partial charge on any atom is -0.393 e. The van der Waals surface area contributed by atoms with E-state index >= 15 is 0 Å². The minimum absolute atomic E-state index is 0.128. The van der Waals surface area contributed by atoms with E-state index in [1.54, 1.807) is 7.11 Å². The molecule has 1 aliphatic carbocycles. The zero-order valence-corrected chi connectivity index (χ0v) is 12.8. The molecule has 3 N–H and O–H groups in total. The molecule has 1 saturated carbocycles. The Balaban J connectivity index is 0. The van der Waals surface area contributed by atoms with Crippen LogP contribution in [0.3, 0.4) is 0 Å². The topological polar surface area (TPSA) is 69.9 Å². The first-order valence-corrected chi connectivity index (χ1v) is 6.88. The third-order valence-corrected chi connectivity index (χ3v) is 2.52. The van der Waals surface area contributed by atoms with Crippen molar-refractivity contribution in [3.8, 4) is 0 Å². The average Bonchev–Trinajstić information content (AvgIpc) is 2.16. The van der Waals surface area contributed by atoms with Gasteiger partial charge in [0.2, 0.25) is 0 Å². The number of aliphatic hydroxyl groups excluding tert-OH is 1. The van der Waals surface area contributed by atoms with Gasteiger partial charge in [0.05, 0.1) is 12.2 Å². The number of rotatable bonds is 4. The van der Waals surface area contributed by atoms with Crippen molar-refractivity contribution in [3.05, 3.63) is 0 Å². The van der Waals surface area contributed by atoms with Gasteiger partial charge in [0.25, 0.3) is 0 Å². The van der Waals surface area contributed by atoms with E-state index in [0.29, 0.717) is 6.10 Å². The second-order valence-electron chi connectivity index (χ2n) is 5.12. The lowest BCUT2D eigenvalue weighted by molar-refractivity contribution is -0.127.